The zero-order valence-corrected chi connectivity index (χ0v) is 16.5. The summed E-state index contributed by atoms with van der Waals surface area (Å²) in [5.41, 5.74) is -0.116. The molecule has 6 heteroatoms. The van der Waals surface area contributed by atoms with Crippen LogP contribution < -0.4 is 10.1 Å². The molecule has 146 valence electrons. The van der Waals surface area contributed by atoms with Gasteiger partial charge < -0.3 is 19.5 Å². The van der Waals surface area contributed by atoms with Crippen molar-refractivity contribution in [2.75, 3.05) is 25.1 Å². The number of amides is 1. The summed E-state index contributed by atoms with van der Waals surface area (Å²) in [6, 6.07) is 4.94. The topological polar surface area (TPSA) is 73.9 Å². The van der Waals surface area contributed by atoms with Gasteiger partial charge in [-0.3, -0.25) is 4.79 Å². The van der Waals surface area contributed by atoms with E-state index >= 15 is 0 Å². The smallest absolute Gasteiger partial charge is 0.341 e. The van der Waals surface area contributed by atoms with Crippen LogP contribution in [-0.2, 0) is 14.3 Å². The number of benzene rings is 1. The van der Waals surface area contributed by atoms with Crippen molar-refractivity contribution in [3.8, 4) is 5.75 Å². The van der Waals surface area contributed by atoms with Gasteiger partial charge in [0.2, 0.25) is 0 Å². The van der Waals surface area contributed by atoms with Crippen molar-refractivity contribution in [3.05, 3.63) is 23.8 Å². The fourth-order valence-electron chi connectivity index (χ4n) is 2.58. The van der Waals surface area contributed by atoms with E-state index in [1.165, 1.54) is 0 Å². The Kier molecular flexibility index (Phi) is 9.13. The standard InChI is InChI=1S/C20H31NO5/c1-6-12-20(5,26-13-7-2)19(23)21-15-10-11-17(24-8-3)16(14-15)18(22)25-9-4/h10-11,14H,6-9,12-13H2,1-5H3,(H,21,23)/t20-/m1/s1. The van der Waals surface area contributed by atoms with Gasteiger partial charge in [-0.1, -0.05) is 20.3 Å². The number of carbonyl (C=O) groups excluding carboxylic acids is 2. The molecule has 0 unspecified atom stereocenters. The van der Waals surface area contributed by atoms with E-state index in [1.54, 1.807) is 32.0 Å². The number of esters is 1. The lowest BCUT2D eigenvalue weighted by Crippen LogP contribution is -2.43. The first kappa shape index (κ1) is 22.0. The molecule has 0 bridgehead atoms. The number of ether oxygens (including phenoxy) is 3. The van der Waals surface area contributed by atoms with Gasteiger partial charge in [-0.25, -0.2) is 4.79 Å². The second-order valence-electron chi connectivity index (χ2n) is 6.15. The monoisotopic (exact) mass is 365 g/mol. The van der Waals surface area contributed by atoms with E-state index in [2.05, 4.69) is 5.32 Å². The molecule has 0 saturated heterocycles. The lowest BCUT2D eigenvalue weighted by molar-refractivity contribution is -0.140. The zero-order chi connectivity index (χ0) is 19.6. The molecule has 1 aromatic rings. The second kappa shape index (κ2) is 10.8. The van der Waals surface area contributed by atoms with Crippen LogP contribution in [0.5, 0.6) is 5.75 Å². The van der Waals surface area contributed by atoms with Gasteiger partial charge in [0.1, 0.15) is 16.9 Å². The third-order valence-electron chi connectivity index (χ3n) is 3.86. The van der Waals surface area contributed by atoms with Crippen molar-refractivity contribution < 1.29 is 23.8 Å². The summed E-state index contributed by atoms with van der Waals surface area (Å²) < 4.78 is 16.4. The molecule has 0 aliphatic heterocycles. The highest BCUT2D eigenvalue weighted by atomic mass is 16.5. The van der Waals surface area contributed by atoms with Crippen molar-refractivity contribution in [3.63, 3.8) is 0 Å². The number of rotatable bonds is 11. The Hall–Kier alpha value is -2.08. The fraction of sp³-hybridized carbons (Fsp3) is 0.600. The third kappa shape index (κ3) is 6.02. The summed E-state index contributed by atoms with van der Waals surface area (Å²) >= 11 is 0. The normalized spacial score (nSPS) is 13.0. The molecule has 0 spiro atoms. The van der Waals surface area contributed by atoms with Crippen molar-refractivity contribution in [1.29, 1.82) is 0 Å². The van der Waals surface area contributed by atoms with E-state index in [0.29, 0.717) is 31.1 Å². The molecule has 6 nitrogen and oxygen atoms in total. The van der Waals surface area contributed by atoms with Crippen LogP contribution in [0.3, 0.4) is 0 Å². The highest BCUT2D eigenvalue weighted by Gasteiger charge is 2.33. The van der Waals surface area contributed by atoms with Crippen LogP contribution in [-0.4, -0.2) is 37.3 Å². The summed E-state index contributed by atoms with van der Waals surface area (Å²) in [5.74, 6) is -0.278. The van der Waals surface area contributed by atoms with Gasteiger partial charge in [0.05, 0.1) is 13.2 Å². The van der Waals surface area contributed by atoms with Crippen LogP contribution in [0, 0.1) is 0 Å². The number of hydrogen-bond donors (Lipinski definition) is 1. The Morgan fingerprint density at radius 1 is 1.08 bits per heavy atom. The van der Waals surface area contributed by atoms with Crippen LogP contribution in [0.1, 0.15) is 64.2 Å². The molecule has 1 amide bonds. The van der Waals surface area contributed by atoms with Gasteiger partial charge in [0.25, 0.3) is 5.91 Å². The summed E-state index contributed by atoms with van der Waals surface area (Å²) in [7, 11) is 0. The van der Waals surface area contributed by atoms with Crippen LogP contribution >= 0.6 is 0 Å². The molecular weight excluding hydrogens is 334 g/mol. The van der Waals surface area contributed by atoms with Crippen LogP contribution in [0.2, 0.25) is 0 Å². The number of nitrogens with one attached hydrogen (secondary N) is 1. The van der Waals surface area contributed by atoms with E-state index in [4.69, 9.17) is 14.2 Å². The molecule has 1 rings (SSSR count). The van der Waals surface area contributed by atoms with Gasteiger partial charge in [0.15, 0.2) is 0 Å². The van der Waals surface area contributed by atoms with Crippen LogP contribution in [0.15, 0.2) is 18.2 Å². The molecule has 0 fully saturated rings. The molecule has 1 aromatic carbocycles. The Balaban J connectivity index is 3.05. The number of carbonyl (C=O) groups is 2. The number of anilines is 1. The summed E-state index contributed by atoms with van der Waals surface area (Å²) in [4.78, 5) is 24.9. The predicted molar refractivity (Wildman–Crippen MR) is 102 cm³/mol. The molecular formula is C20H31NO5. The summed E-state index contributed by atoms with van der Waals surface area (Å²) in [6.07, 6.45) is 2.27. The van der Waals surface area contributed by atoms with Crippen molar-refractivity contribution in [2.24, 2.45) is 0 Å². The lowest BCUT2D eigenvalue weighted by Gasteiger charge is -2.28. The van der Waals surface area contributed by atoms with Gasteiger partial charge in [0, 0.05) is 12.3 Å². The summed E-state index contributed by atoms with van der Waals surface area (Å²) in [6.45, 7) is 10.6. The van der Waals surface area contributed by atoms with Crippen molar-refractivity contribution in [1.82, 2.24) is 0 Å². The third-order valence-corrected chi connectivity index (χ3v) is 3.86. The van der Waals surface area contributed by atoms with E-state index in [1.807, 2.05) is 20.8 Å². The highest BCUT2D eigenvalue weighted by molar-refractivity contribution is 5.99. The molecule has 0 aliphatic rings. The molecule has 0 aliphatic carbocycles. The highest BCUT2D eigenvalue weighted by Crippen LogP contribution is 2.26. The van der Waals surface area contributed by atoms with E-state index in [-0.39, 0.29) is 18.1 Å². The maximum atomic E-state index is 12.8. The first-order valence-electron chi connectivity index (χ1n) is 9.31. The fourth-order valence-corrected chi connectivity index (χ4v) is 2.58. The van der Waals surface area contributed by atoms with Crippen molar-refractivity contribution in [2.45, 2.75) is 59.5 Å². The van der Waals surface area contributed by atoms with Gasteiger partial charge >= 0.3 is 5.97 Å². The Labute approximate surface area is 156 Å². The maximum absolute atomic E-state index is 12.8. The Morgan fingerprint density at radius 3 is 2.38 bits per heavy atom. The van der Waals surface area contributed by atoms with Crippen molar-refractivity contribution >= 4 is 17.6 Å². The van der Waals surface area contributed by atoms with Crippen LogP contribution in [0.4, 0.5) is 5.69 Å². The average Bonchev–Trinajstić information content (AvgIpc) is 2.61. The molecule has 0 aromatic heterocycles. The number of hydrogen-bond acceptors (Lipinski definition) is 5. The second-order valence-corrected chi connectivity index (χ2v) is 6.15. The molecule has 26 heavy (non-hydrogen) atoms. The van der Waals surface area contributed by atoms with Gasteiger partial charge in [-0.15, -0.1) is 0 Å². The average molecular weight is 365 g/mol. The quantitative estimate of drug-likeness (QED) is 0.595. The van der Waals surface area contributed by atoms with Crippen LogP contribution in [0.25, 0.3) is 0 Å². The first-order chi connectivity index (χ1) is 12.4. The zero-order valence-electron chi connectivity index (χ0n) is 16.5. The molecule has 0 saturated carbocycles. The Bertz CT molecular complexity index is 602. The SMILES string of the molecule is CCCO[C@](C)(CCC)C(=O)Nc1ccc(OCC)c(C(=O)OCC)c1. The predicted octanol–water partition coefficient (Wildman–Crippen LogP) is 4.19. The largest absolute Gasteiger partial charge is 0.493 e. The molecule has 1 atom stereocenters. The minimum atomic E-state index is -0.909. The minimum Gasteiger partial charge on any atom is -0.493 e. The lowest BCUT2D eigenvalue weighted by atomic mass is 9.98. The van der Waals surface area contributed by atoms with Gasteiger partial charge in [-0.05, 0) is 51.8 Å². The van der Waals surface area contributed by atoms with Gasteiger partial charge in [-0.2, -0.15) is 0 Å². The van der Waals surface area contributed by atoms with E-state index in [9.17, 15) is 9.59 Å². The Morgan fingerprint density at radius 2 is 1.81 bits per heavy atom. The van der Waals surface area contributed by atoms with E-state index < -0.39 is 11.6 Å². The summed E-state index contributed by atoms with van der Waals surface area (Å²) in [5, 5.41) is 2.86. The minimum absolute atomic E-state index is 0.230. The molecule has 0 radical (unpaired) electrons. The molecule has 0 heterocycles. The maximum Gasteiger partial charge on any atom is 0.341 e. The van der Waals surface area contributed by atoms with E-state index in [0.717, 1.165) is 12.8 Å². The molecule has 1 N–H and O–H groups in total. The first-order valence-corrected chi connectivity index (χ1v) is 9.31.